The van der Waals surface area contributed by atoms with Gasteiger partial charge in [-0.15, -0.1) is 0 Å². The van der Waals surface area contributed by atoms with Crippen LogP contribution >= 0.6 is 0 Å². The summed E-state index contributed by atoms with van der Waals surface area (Å²) in [4.78, 5) is 4.52. The summed E-state index contributed by atoms with van der Waals surface area (Å²) in [7, 11) is 1.96. The molecular formula is C15H25N5O. The Morgan fingerprint density at radius 3 is 2.76 bits per heavy atom. The van der Waals surface area contributed by atoms with Gasteiger partial charge in [-0.1, -0.05) is 13.8 Å². The van der Waals surface area contributed by atoms with Crippen molar-refractivity contribution in [3.63, 3.8) is 0 Å². The summed E-state index contributed by atoms with van der Waals surface area (Å²) in [5.74, 6) is 0.592. The Bertz CT molecular complexity index is 653. The molecule has 21 heavy (non-hydrogen) atoms. The van der Waals surface area contributed by atoms with Crippen molar-refractivity contribution in [3.8, 4) is 0 Å². The molecule has 0 amide bonds. The minimum Gasteiger partial charge on any atom is -0.375 e. The monoisotopic (exact) mass is 291 g/mol. The van der Waals surface area contributed by atoms with Gasteiger partial charge in [0.05, 0.1) is 11.3 Å². The zero-order valence-electron chi connectivity index (χ0n) is 13.4. The Morgan fingerprint density at radius 2 is 2.10 bits per heavy atom. The van der Waals surface area contributed by atoms with Crippen LogP contribution in [0.5, 0.6) is 0 Å². The van der Waals surface area contributed by atoms with Gasteiger partial charge in [0, 0.05) is 19.7 Å². The number of aromatic nitrogens is 4. The molecule has 2 aromatic heterocycles. The molecule has 1 aliphatic rings. The molecule has 1 saturated heterocycles. The van der Waals surface area contributed by atoms with Crippen LogP contribution in [0.2, 0.25) is 0 Å². The minimum absolute atomic E-state index is 0.0282. The molecular weight excluding hydrogens is 266 g/mol. The highest BCUT2D eigenvalue weighted by Crippen LogP contribution is 2.39. The Labute approximate surface area is 125 Å². The number of rotatable bonds is 3. The Balaban J connectivity index is 2.06. The van der Waals surface area contributed by atoms with Gasteiger partial charge in [0.15, 0.2) is 5.65 Å². The van der Waals surface area contributed by atoms with E-state index in [0.29, 0.717) is 12.0 Å². The van der Waals surface area contributed by atoms with Crippen LogP contribution in [-0.2, 0) is 11.8 Å². The summed E-state index contributed by atoms with van der Waals surface area (Å²) in [5.41, 5.74) is 9.05. The van der Waals surface area contributed by atoms with Gasteiger partial charge in [-0.25, -0.2) is 4.98 Å². The van der Waals surface area contributed by atoms with E-state index in [1.165, 1.54) is 0 Å². The molecule has 2 aromatic rings. The molecule has 6 nitrogen and oxygen atoms in total. The fraction of sp³-hybridized carbons (Fsp3) is 0.733. The number of hydrogen-bond donors (Lipinski definition) is 1. The van der Waals surface area contributed by atoms with Gasteiger partial charge in [-0.2, -0.15) is 5.10 Å². The van der Waals surface area contributed by atoms with E-state index < -0.39 is 0 Å². The van der Waals surface area contributed by atoms with E-state index in [1.807, 2.05) is 18.7 Å². The molecule has 0 aromatic carbocycles. The number of nitrogen functional groups attached to an aromatic ring is 1. The van der Waals surface area contributed by atoms with Crippen molar-refractivity contribution in [3.05, 3.63) is 5.69 Å². The highest BCUT2D eigenvalue weighted by Gasteiger charge is 2.37. The van der Waals surface area contributed by atoms with Crippen LogP contribution in [0, 0.1) is 6.92 Å². The van der Waals surface area contributed by atoms with Crippen LogP contribution in [0.25, 0.3) is 11.2 Å². The first kappa shape index (κ1) is 14.4. The molecule has 1 fully saturated rings. The maximum atomic E-state index is 6.21. The molecule has 0 spiro atoms. The predicted octanol–water partition coefficient (Wildman–Crippen LogP) is 2.57. The van der Waals surface area contributed by atoms with Crippen LogP contribution in [0.1, 0.15) is 51.3 Å². The number of nitrogens with zero attached hydrogens (tertiary/aromatic N) is 4. The van der Waals surface area contributed by atoms with Gasteiger partial charge < -0.3 is 10.5 Å². The second kappa shape index (κ2) is 5.02. The van der Waals surface area contributed by atoms with Gasteiger partial charge in [-0.3, -0.25) is 9.25 Å². The summed E-state index contributed by atoms with van der Waals surface area (Å²) in [6.45, 7) is 7.16. The van der Waals surface area contributed by atoms with Crippen molar-refractivity contribution in [1.82, 2.24) is 19.3 Å². The van der Waals surface area contributed by atoms with Crippen molar-refractivity contribution in [2.45, 2.75) is 58.1 Å². The van der Waals surface area contributed by atoms with Crippen LogP contribution < -0.4 is 5.73 Å². The average molecular weight is 291 g/mol. The van der Waals surface area contributed by atoms with Crippen molar-refractivity contribution >= 4 is 17.1 Å². The zero-order valence-corrected chi connectivity index (χ0v) is 13.4. The molecule has 1 atom stereocenters. The highest BCUT2D eigenvalue weighted by molar-refractivity contribution is 5.77. The van der Waals surface area contributed by atoms with Crippen molar-refractivity contribution in [2.24, 2.45) is 7.05 Å². The summed E-state index contributed by atoms with van der Waals surface area (Å²) >= 11 is 0. The van der Waals surface area contributed by atoms with E-state index in [2.05, 4.69) is 28.5 Å². The largest absolute Gasteiger partial charge is 0.375 e. The summed E-state index contributed by atoms with van der Waals surface area (Å²) in [6, 6.07) is 0.332. The number of aryl methyl sites for hydroxylation is 2. The quantitative estimate of drug-likeness (QED) is 0.943. The van der Waals surface area contributed by atoms with E-state index in [4.69, 9.17) is 10.5 Å². The fourth-order valence-electron chi connectivity index (χ4n) is 3.64. The molecule has 0 aliphatic carbocycles. The highest BCUT2D eigenvalue weighted by atomic mass is 16.5. The van der Waals surface area contributed by atoms with E-state index in [1.54, 1.807) is 0 Å². The van der Waals surface area contributed by atoms with Crippen molar-refractivity contribution in [1.29, 1.82) is 0 Å². The molecule has 3 rings (SSSR count). The van der Waals surface area contributed by atoms with Gasteiger partial charge in [0.25, 0.3) is 0 Å². The third-order valence-corrected chi connectivity index (χ3v) is 4.98. The fourth-order valence-corrected chi connectivity index (χ4v) is 3.64. The number of nitrogens with two attached hydrogens (primary N) is 1. The van der Waals surface area contributed by atoms with E-state index in [9.17, 15) is 0 Å². The average Bonchev–Trinajstić information content (AvgIpc) is 2.96. The molecule has 6 heteroatoms. The van der Waals surface area contributed by atoms with Crippen molar-refractivity contribution < 1.29 is 4.74 Å². The van der Waals surface area contributed by atoms with E-state index in [0.717, 1.165) is 49.1 Å². The second-order valence-corrected chi connectivity index (χ2v) is 6.11. The van der Waals surface area contributed by atoms with Gasteiger partial charge in [0.2, 0.25) is 5.95 Å². The zero-order chi connectivity index (χ0) is 15.2. The maximum absolute atomic E-state index is 6.21. The third kappa shape index (κ3) is 2.12. The molecule has 3 heterocycles. The summed E-state index contributed by atoms with van der Waals surface area (Å²) in [6.07, 6.45) is 4.02. The lowest BCUT2D eigenvalue weighted by atomic mass is 9.86. The number of fused-ring (bicyclic) bond motifs is 1. The lowest BCUT2D eigenvalue weighted by Gasteiger charge is -2.40. The van der Waals surface area contributed by atoms with Crippen LogP contribution in [0.15, 0.2) is 0 Å². The summed E-state index contributed by atoms with van der Waals surface area (Å²) in [5, 5.41) is 4.47. The number of anilines is 1. The molecule has 0 radical (unpaired) electrons. The van der Waals surface area contributed by atoms with Gasteiger partial charge in [0.1, 0.15) is 5.52 Å². The number of ether oxygens (including phenoxy) is 1. The topological polar surface area (TPSA) is 70.9 Å². The lowest BCUT2D eigenvalue weighted by Crippen LogP contribution is -2.39. The van der Waals surface area contributed by atoms with Gasteiger partial charge >= 0.3 is 0 Å². The lowest BCUT2D eigenvalue weighted by molar-refractivity contribution is -0.0980. The SMILES string of the molecule is CCC1(CC)CC(n2c(N)nc3c(C)nn(C)c32)CCO1. The standard InChI is InChI=1S/C15H25N5O/c1-5-15(6-2)9-11(7-8-21-15)20-13-12(17-14(20)16)10(3)18-19(13)4/h11H,5-9H2,1-4H3,(H2,16,17). The maximum Gasteiger partial charge on any atom is 0.202 e. The number of hydrogen-bond acceptors (Lipinski definition) is 4. The van der Waals surface area contributed by atoms with Crippen LogP contribution in [0.4, 0.5) is 5.95 Å². The third-order valence-electron chi connectivity index (χ3n) is 4.98. The normalized spacial score (nSPS) is 22.0. The molecule has 0 bridgehead atoms. The minimum atomic E-state index is -0.0282. The van der Waals surface area contributed by atoms with Crippen LogP contribution in [0.3, 0.4) is 0 Å². The second-order valence-electron chi connectivity index (χ2n) is 6.11. The first-order valence-electron chi connectivity index (χ1n) is 7.82. The Morgan fingerprint density at radius 1 is 1.38 bits per heavy atom. The Kier molecular flexibility index (Phi) is 3.43. The first-order chi connectivity index (χ1) is 10.0. The van der Waals surface area contributed by atoms with E-state index >= 15 is 0 Å². The molecule has 2 N–H and O–H groups in total. The van der Waals surface area contributed by atoms with E-state index in [-0.39, 0.29) is 5.60 Å². The molecule has 1 unspecified atom stereocenters. The predicted molar refractivity (Wildman–Crippen MR) is 83.2 cm³/mol. The molecule has 0 saturated carbocycles. The van der Waals surface area contributed by atoms with Gasteiger partial charge in [-0.05, 0) is 32.6 Å². The van der Waals surface area contributed by atoms with Crippen LogP contribution in [-0.4, -0.2) is 31.5 Å². The summed E-state index contributed by atoms with van der Waals surface area (Å²) < 4.78 is 10.1. The number of imidazole rings is 1. The van der Waals surface area contributed by atoms with Crippen molar-refractivity contribution in [2.75, 3.05) is 12.3 Å². The first-order valence-corrected chi connectivity index (χ1v) is 7.82. The molecule has 116 valence electrons. The smallest absolute Gasteiger partial charge is 0.202 e. The Hall–Kier alpha value is -1.56. The molecule has 1 aliphatic heterocycles.